The molecule has 1 heterocycles. The second-order valence-corrected chi connectivity index (χ2v) is 5.35. The summed E-state index contributed by atoms with van der Waals surface area (Å²) < 4.78 is 19.0. The molecular weight excluding hydrogens is 273 g/mol. The summed E-state index contributed by atoms with van der Waals surface area (Å²) in [6.45, 7) is 2.12. The Balaban J connectivity index is 2.24. The number of piperidine rings is 1. The normalized spacial score (nSPS) is 18.4. The van der Waals surface area contributed by atoms with E-state index >= 15 is 0 Å². The quantitative estimate of drug-likeness (QED) is 0.632. The van der Waals surface area contributed by atoms with Crippen molar-refractivity contribution in [2.75, 3.05) is 18.6 Å². The molecule has 1 aromatic carbocycles. The SMILES string of the molecule is COC(=O)CC1CCCCN1c1ccc(C(C)=O)cc1F. The molecule has 0 aromatic heterocycles. The number of anilines is 1. The molecule has 1 unspecified atom stereocenters. The highest BCUT2D eigenvalue weighted by molar-refractivity contribution is 5.94. The Kier molecular flexibility index (Phi) is 4.94. The molecule has 1 saturated heterocycles. The summed E-state index contributed by atoms with van der Waals surface area (Å²) in [5.74, 6) is -0.864. The third kappa shape index (κ3) is 3.60. The van der Waals surface area contributed by atoms with Crippen LogP contribution in [0.25, 0.3) is 0 Å². The van der Waals surface area contributed by atoms with E-state index in [2.05, 4.69) is 0 Å². The number of ketones is 1. The van der Waals surface area contributed by atoms with Crippen LogP contribution in [0.15, 0.2) is 18.2 Å². The highest BCUT2D eigenvalue weighted by Crippen LogP contribution is 2.29. The van der Waals surface area contributed by atoms with E-state index in [1.807, 2.05) is 4.90 Å². The van der Waals surface area contributed by atoms with Crippen LogP contribution < -0.4 is 4.90 Å². The van der Waals surface area contributed by atoms with E-state index in [0.717, 1.165) is 19.3 Å². The molecule has 0 spiro atoms. The van der Waals surface area contributed by atoms with Gasteiger partial charge in [-0.15, -0.1) is 0 Å². The number of carbonyl (C=O) groups excluding carboxylic acids is 2. The maximum Gasteiger partial charge on any atom is 0.307 e. The Hall–Kier alpha value is -1.91. The summed E-state index contributed by atoms with van der Waals surface area (Å²) in [5.41, 5.74) is 0.811. The van der Waals surface area contributed by atoms with Crippen LogP contribution in [0.2, 0.25) is 0 Å². The largest absolute Gasteiger partial charge is 0.469 e. The number of hydrogen-bond donors (Lipinski definition) is 0. The van der Waals surface area contributed by atoms with E-state index in [1.165, 1.54) is 20.1 Å². The van der Waals surface area contributed by atoms with Crippen molar-refractivity contribution in [3.8, 4) is 0 Å². The molecule has 5 heteroatoms. The molecule has 114 valence electrons. The Labute approximate surface area is 123 Å². The van der Waals surface area contributed by atoms with Gasteiger partial charge in [0.15, 0.2) is 5.78 Å². The number of Topliss-reactive ketones (excluding diaryl/α,β-unsaturated/α-hetero) is 1. The fourth-order valence-electron chi connectivity index (χ4n) is 2.76. The van der Waals surface area contributed by atoms with Gasteiger partial charge in [0.05, 0.1) is 19.2 Å². The van der Waals surface area contributed by atoms with Gasteiger partial charge in [0.2, 0.25) is 0 Å². The van der Waals surface area contributed by atoms with E-state index in [1.54, 1.807) is 12.1 Å². The summed E-state index contributed by atoms with van der Waals surface area (Å²) >= 11 is 0. The van der Waals surface area contributed by atoms with Gasteiger partial charge < -0.3 is 9.64 Å². The van der Waals surface area contributed by atoms with Crippen LogP contribution in [0.5, 0.6) is 0 Å². The number of hydrogen-bond acceptors (Lipinski definition) is 4. The zero-order chi connectivity index (χ0) is 15.4. The summed E-state index contributed by atoms with van der Waals surface area (Å²) in [5, 5.41) is 0. The fraction of sp³-hybridized carbons (Fsp3) is 0.500. The van der Waals surface area contributed by atoms with Gasteiger partial charge in [0.1, 0.15) is 5.82 Å². The summed E-state index contributed by atoms with van der Waals surface area (Å²) in [6, 6.07) is 4.47. The summed E-state index contributed by atoms with van der Waals surface area (Å²) in [4.78, 5) is 24.7. The molecule has 0 bridgehead atoms. The van der Waals surface area contributed by atoms with Crippen molar-refractivity contribution in [2.45, 2.75) is 38.6 Å². The van der Waals surface area contributed by atoms with E-state index in [-0.39, 0.29) is 24.2 Å². The number of nitrogens with zero attached hydrogens (tertiary/aromatic N) is 1. The van der Waals surface area contributed by atoms with Gasteiger partial charge in [0, 0.05) is 18.2 Å². The average molecular weight is 293 g/mol. The van der Waals surface area contributed by atoms with Crippen LogP contribution in [0.1, 0.15) is 43.0 Å². The van der Waals surface area contributed by atoms with Crippen molar-refractivity contribution >= 4 is 17.4 Å². The molecule has 0 saturated carbocycles. The molecule has 2 rings (SSSR count). The maximum atomic E-state index is 14.3. The van der Waals surface area contributed by atoms with Crippen LogP contribution >= 0.6 is 0 Å². The second-order valence-electron chi connectivity index (χ2n) is 5.35. The van der Waals surface area contributed by atoms with E-state index in [9.17, 15) is 14.0 Å². The molecule has 0 N–H and O–H groups in total. The van der Waals surface area contributed by atoms with Crippen LogP contribution in [0, 0.1) is 5.82 Å². The first-order valence-corrected chi connectivity index (χ1v) is 7.17. The predicted octanol–water partition coefficient (Wildman–Crippen LogP) is 2.95. The van der Waals surface area contributed by atoms with Gasteiger partial charge in [0.25, 0.3) is 0 Å². The number of halogens is 1. The lowest BCUT2D eigenvalue weighted by Crippen LogP contribution is -2.41. The molecule has 1 fully saturated rings. The molecule has 1 aliphatic rings. The predicted molar refractivity (Wildman–Crippen MR) is 78.0 cm³/mol. The maximum absolute atomic E-state index is 14.3. The first kappa shape index (κ1) is 15.5. The van der Waals surface area contributed by atoms with E-state index in [0.29, 0.717) is 17.8 Å². The highest BCUT2D eigenvalue weighted by Gasteiger charge is 2.27. The molecule has 1 aromatic rings. The molecule has 0 aliphatic carbocycles. The lowest BCUT2D eigenvalue weighted by Gasteiger charge is -2.37. The Morgan fingerprint density at radius 1 is 1.38 bits per heavy atom. The molecule has 21 heavy (non-hydrogen) atoms. The first-order valence-electron chi connectivity index (χ1n) is 7.17. The van der Waals surface area contributed by atoms with Crippen molar-refractivity contribution in [1.82, 2.24) is 0 Å². The minimum atomic E-state index is -0.417. The van der Waals surface area contributed by atoms with Gasteiger partial charge in [-0.2, -0.15) is 0 Å². The number of rotatable bonds is 4. The van der Waals surface area contributed by atoms with Crippen molar-refractivity contribution in [3.63, 3.8) is 0 Å². The lowest BCUT2D eigenvalue weighted by atomic mass is 9.98. The Morgan fingerprint density at radius 3 is 2.76 bits per heavy atom. The molecule has 4 nitrogen and oxygen atoms in total. The molecule has 0 amide bonds. The van der Waals surface area contributed by atoms with Crippen molar-refractivity contribution < 1.29 is 18.7 Å². The van der Waals surface area contributed by atoms with Crippen LogP contribution in [-0.2, 0) is 9.53 Å². The molecular formula is C16H20FNO3. The molecule has 1 atom stereocenters. The van der Waals surface area contributed by atoms with Crippen LogP contribution in [0.3, 0.4) is 0 Å². The van der Waals surface area contributed by atoms with Gasteiger partial charge in [-0.05, 0) is 44.4 Å². The first-order chi connectivity index (χ1) is 10.0. The number of ether oxygens (including phenoxy) is 1. The minimum absolute atomic E-state index is 0.0520. The fourth-order valence-corrected chi connectivity index (χ4v) is 2.76. The Bertz CT molecular complexity index is 544. The standard InChI is InChI=1S/C16H20FNO3/c1-11(19)12-6-7-15(14(17)9-12)18-8-4-3-5-13(18)10-16(20)21-2/h6-7,9,13H,3-5,8,10H2,1-2H3. The van der Waals surface area contributed by atoms with E-state index < -0.39 is 5.82 Å². The number of carbonyl (C=O) groups is 2. The topological polar surface area (TPSA) is 46.6 Å². The third-order valence-corrected chi connectivity index (χ3v) is 3.92. The number of esters is 1. The monoisotopic (exact) mass is 293 g/mol. The Morgan fingerprint density at radius 2 is 2.14 bits per heavy atom. The smallest absolute Gasteiger partial charge is 0.307 e. The third-order valence-electron chi connectivity index (χ3n) is 3.92. The summed E-state index contributed by atoms with van der Waals surface area (Å²) in [6.07, 6.45) is 3.07. The molecule has 1 aliphatic heterocycles. The summed E-state index contributed by atoms with van der Waals surface area (Å²) in [7, 11) is 1.36. The van der Waals surface area contributed by atoms with Gasteiger partial charge in [-0.3, -0.25) is 9.59 Å². The average Bonchev–Trinajstić information content (AvgIpc) is 2.47. The lowest BCUT2D eigenvalue weighted by molar-refractivity contribution is -0.141. The van der Waals surface area contributed by atoms with Crippen molar-refractivity contribution in [1.29, 1.82) is 0 Å². The number of methoxy groups -OCH3 is 1. The van der Waals surface area contributed by atoms with Crippen LogP contribution in [-0.4, -0.2) is 31.4 Å². The van der Waals surface area contributed by atoms with Crippen molar-refractivity contribution in [2.24, 2.45) is 0 Å². The van der Waals surface area contributed by atoms with Crippen molar-refractivity contribution in [3.05, 3.63) is 29.6 Å². The van der Waals surface area contributed by atoms with Gasteiger partial charge in [-0.1, -0.05) is 0 Å². The molecule has 0 radical (unpaired) electrons. The van der Waals surface area contributed by atoms with Crippen LogP contribution in [0.4, 0.5) is 10.1 Å². The zero-order valence-corrected chi connectivity index (χ0v) is 12.4. The minimum Gasteiger partial charge on any atom is -0.469 e. The highest BCUT2D eigenvalue weighted by atomic mass is 19.1. The van der Waals surface area contributed by atoms with Gasteiger partial charge in [-0.25, -0.2) is 4.39 Å². The second kappa shape index (κ2) is 6.70. The zero-order valence-electron chi connectivity index (χ0n) is 12.4. The van der Waals surface area contributed by atoms with Gasteiger partial charge >= 0.3 is 5.97 Å². The van der Waals surface area contributed by atoms with E-state index in [4.69, 9.17) is 4.74 Å². The number of benzene rings is 1.